The van der Waals surface area contributed by atoms with Gasteiger partial charge < -0.3 is 5.11 Å². The Labute approximate surface area is 92.4 Å². The second kappa shape index (κ2) is 10.8. The van der Waals surface area contributed by atoms with Crippen LogP contribution in [0, 0.1) is 11.8 Å². The summed E-state index contributed by atoms with van der Waals surface area (Å²) in [6, 6.07) is 0. The van der Waals surface area contributed by atoms with Crippen LogP contribution in [0.1, 0.15) is 51.9 Å². The summed E-state index contributed by atoms with van der Waals surface area (Å²) >= 11 is 0. The summed E-state index contributed by atoms with van der Waals surface area (Å²) in [5.74, 6) is 5.26. The van der Waals surface area contributed by atoms with Gasteiger partial charge in [-0.05, 0) is 12.8 Å². The Morgan fingerprint density at radius 2 is 1.93 bits per heavy atom. The molecular formula is C13H20O2. The fourth-order valence-electron chi connectivity index (χ4n) is 1.16. The summed E-state index contributed by atoms with van der Waals surface area (Å²) in [6.45, 7) is 2.19. The van der Waals surface area contributed by atoms with Gasteiger partial charge in [0.25, 0.3) is 0 Å². The molecule has 0 rings (SSSR count). The first-order chi connectivity index (χ1) is 7.27. The first-order valence-corrected chi connectivity index (χ1v) is 5.62. The van der Waals surface area contributed by atoms with Crippen LogP contribution < -0.4 is 0 Å². The second-order valence-electron chi connectivity index (χ2n) is 3.44. The summed E-state index contributed by atoms with van der Waals surface area (Å²) in [5, 5.41) is 8.31. The monoisotopic (exact) mass is 208 g/mol. The normalized spacial score (nSPS) is 9.93. The molecule has 15 heavy (non-hydrogen) atoms. The van der Waals surface area contributed by atoms with Crippen molar-refractivity contribution < 1.29 is 9.90 Å². The van der Waals surface area contributed by atoms with Crippen molar-refractivity contribution >= 4 is 5.97 Å². The molecule has 0 aliphatic rings. The second-order valence-corrected chi connectivity index (χ2v) is 3.44. The predicted octanol–water partition coefficient (Wildman–Crippen LogP) is 3.38. The van der Waals surface area contributed by atoms with Gasteiger partial charge in [0.1, 0.15) is 0 Å². The third-order valence-corrected chi connectivity index (χ3v) is 1.98. The summed E-state index contributed by atoms with van der Waals surface area (Å²) < 4.78 is 0. The maximum Gasteiger partial charge on any atom is 0.327 e. The van der Waals surface area contributed by atoms with E-state index in [9.17, 15) is 4.79 Å². The van der Waals surface area contributed by atoms with Crippen LogP contribution in [0.15, 0.2) is 12.2 Å². The minimum atomic E-state index is -0.887. The SMILES string of the molecule is CCCCCCC#CCC/C=C/C(=O)O. The molecule has 0 aromatic carbocycles. The van der Waals surface area contributed by atoms with Crippen molar-refractivity contribution in [2.24, 2.45) is 0 Å². The molecule has 0 fully saturated rings. The number of hydrogen-bond donors (Lipinski definition) is 1. The predicted molar refractivity (Wildman–Crippen MR) is 62.5 cm³/mol. The molecule has 0 aliphatic carbocycles. The molecule has 0 saturated carbocycles. The lowest BCUT2D eigenvalue weighted by atomic mass is 10.1. The van der Waals surface area contributed by atoms with E-state index in [1.165, 1.54) is 31.8 Å². The molecule has 0 aromatic rings. The molecule has 1 N–H and O–H groups in total. The number of carboxylic acids is 1. The van der Waals surface area contributed by atoms with Crippen LogP contribution in [0.3, 0.4) is 0 Å². The van der Waals surface area contributed by atoms with Crippen LogP contribution in [-0.4, -0.2) is 11.1 Å². The number of carbonyl (C=O) groups is 1. The molecule has 0 unspecified atom stereocenters. The van der Waals surface area contributed by atoms with E-state index < -0.39 is 5.97 Å². The highest BCUT2D eigenvalue weighted by Crippen LogP contribution is 2.01. The zero-order chi connectivity index (χ0) is 11.4. The molecule has 0 amide bonds. The van der Waals surface area contributed by atoms with Gasteiger partial charge in [-0.1, -0.05) is 32.3 Å². The highest BCUT2D eigenvalue weighted by molar-refractivity contribution is 5.79. The van der Waals surface area contributed by atoms with Gasteiger partial charge in [-0.15, -0.1) is 11.8 Å². The van der Waals surface area contributed by atoms with Gasteiger partial charge in [0.2, 0.25) is 0 Å². The first kappa shape index (κ1) is 13.8. The molecule has 0 aromatic heterocycles. The smallest absolute Gasteiger partial charge is 0.327 e. The fourth-order valence-corrected chi connectivity index (χ4v) is 1.16. The standard InChI is InChI=1S/C13H20O2/c1-2-3-4-5-6-7-8-9-10-11-12-13(14)15/h11-12H,2-6,9-10H2,1H3,(H,14,15)/b12-11+. The Morgan fingerprint density at radius 3 is 2.60 bits per heavy atom. The number of unbranched alkanes of at least 4 members (excludes halogenated alkanes) is 5. The zero-order valence-electron chi connectivity index (χ0n) is 9.46. The van der Waals surface area contributed by atoms with Crippen LogP contribution in [0.2, 0.25) is 0 Å². The van der Waals surface area contributed by atoms with Crippen molar-refractivity contribution in [3.63, 3.8) is 0 Å². The molecule has 0 atom stereocenters. The van der Waals surface area contributed by atoms with E-state index in [1.54, 1.807) is 6.08 Å². The van der Waals surface area contributed by atoms with Crippen molar-refractivity contribution in [3.8, 4) is 11.8 Å². The lowest BCUT2D eigenvalue weighted by molar-refractivity contribution is -0.131. The van der Waals surface area contributed by atoms with Crippen LogP contribution in [0.25, 0.3) is 0 Å². The largest absolute Gasteiger partial charge is 0.478 e. The average molecular weight is 208 g/mol. The van der Waals surface area contributed by atoms with Crippen molar-refractivity contribution in [2.45, 2.75) is 51.9 Å². The average Bonchev–Trinajstić information content (AvgIpc) is 2.20. The third-order valence-electron chi connectivity index (χ3n) is 1.98. The number of allylic oxidation sites excluding steroid dienone is 1. The van der Waals surface area contributed by atoms with Crippen LogP contribution in [-0.2, 0) is 4.79 Å². The van der Waals surface area contributed by atoms with Gasteiger partial charge >= 0.3 is 5.97 Å². The molecule has 0 bridgehead atoms. The Bertz CT molecular complexity index is 243. The zero-order valence-corrected chi connectivity index (χ0v) is 9.46. The van der Waals surface area contributed by atoms with Gasteiger partial charge in [-0.2, -0.15) is 0 Å². The minimum absolute atomic E-state index is 0.730. The summed E-state index contributed by atoms with van der Waals surface area (Å²) in [7, 11) is 0. The molecule has 2 heteroatoms. The maximum atomic E-state index is 10.1. The first-order valence-electron chi connectivity index (χ1n) is 5.62. The van der Waals surface area contributed by atoms with E-state index in [0.29, 0.717) is 0 Å². The van der Waals surface area contributed by atoms with Gasteiger partial charge in [-0.3, -0.25) is 0 Å². The summed E-state index contributed by atoms with van der Waals surface area (Å²) in [4.78, 5) is 10.1. The molecule has 0 aliphatic heterocycles. The van der Waals surface area contributed by atoms with E-state index in [-0.39, 0.29) is 0 Å². The molecule has 2 nitrogen and oxygen atoms in total. The molecule has 0 radical (unpaired) electrons. The van der Waals surface area contributed by atoms with E-state index in [2.05, 4.69) is 18.8 Å². The topological polar surface area (TPSA) is 37.3 Å². The van der Waals surface area contributed by atoms with Crippen molar-refractivity contribution in [1.29, 1.82) is 0 Å². The van der Waals surface area contributed by atoms with E-state index in [1.807, 2.05) is 0 Å². The number of aliphatic carboxylic acids is 1. The molecule has 0 heterocycles. The van der Waals surface area contributed by atoms with Crippen molar-refractivity contribution in [2.75, 3.05) is 0 Å². The van der Waals surface area contributed by atoms with Crippen LogP contribution in [0.5, 0.6) is 0 Å². The van der Waals surface area contributed by atoms with E-state index in [4.69, 9.17) is 5.11 Å². The summed E-state index contributed by atoms with van der Waals surface area (Å²) in [5.41, 5.74) is 0. The summed E-state index contributed by atoms with van der Waals surface area (Å²) in [6.07, 6.45) is 10.3. The maximum absolute atomic E-state index is 10.1. The highest BCUT2D eigenvalue weighted by Gasteiger charge is 1.84. The Morgan fingerprint density at radius 1 is 1.20 bits per heavy atom. The molecule has 0 saturated heterocycles. The lowest BCUT2D eigenvalue weighted by Crippen LogP contribution is -1.85. The Hall–Kier alpha value is -1.23. The highest BCUT2D eigenvalue weighted by atomic mass is 16.4. The van der Waals surface area contributed by atoms with Crippen molar-refractivity contribution in [3.05, 3.63) is 12.2 Å². The molecular weight excluding hydrogens is 188 g/mol. The quantitative estimate of drug-likeness (QED) is 0.395. The van der Waals surface area contributed by atoms with Gasteiger partial charge in [0.15, 0.2) is 0 Å². The van der Waals surface area contributed by atoms with Crippen molar-refractivity contribution in [1.82, 2.24) is 0 Å². The molecule has 84 valence electrons. The van der Waals surface area contributed by atoms with Gasteiger partial charge in [0, 0.05) is 18.9 Å². The minimum Gasteiger partial charge on any atom is -0.478 e. The molecule has 0 spiro atoms. The Kier molecular flexibility index (Phi) is 9.96. The van der Waals surface area contributed by atoms with Gasteiger partial charge in [-0.25, -0.2) is 4.79 Å². The lowest BCUT2D eigenvalue weighted by Gasteiger charge is -1.91. The number of carboxylic acid groups (broad SMARTS) is 1. The fraction of sp³-hybridized carbons (Fsp3) is 0.615. The van der Waals surface area contributed by atoms with E-state index in [0.717, 1.165) is 19.3 Å². The number of hydrogen-bond acceptors (Lipinski definition) is 1. The third kappa shape index (κ3) is 12.8. The van der Waals surface area contributed by atoms with Crippen LogP contribution >= 0.6 is 0 Å². The number of rotatable bonds is 7. The Balaban J connectivity index is 3.27. The van der Waals surface area contributed by atoms with Crippen LogP contribution in [0.4, 0.5) is 0 Å². The van der Waals surface area contributed by atoms with Gasteiger partial charge in [0.05, 0.1) is 0 Å². The van der Waals surface area contributed by atoms with E-state index >= 15 is 0 Å².